The average molecular weight is 917 g/mol. The Hall–Kier alpha value is -0.600. The molecular weight excluding hydrogens is 848 g/mol. The monoisotopic (exact) mass is 914 g/mol. The topological polar surface area (TPSA) is 152 Å². The number of methoxy groups -OCH3 is 2. The lowest BCUT2D eigenvalue weighted by Gasteiger charge is -2.62. The first-order valence-electron chi connectivity index (χ1n) is 21.5. The maximum absolute atomic E-state index is 11.7. The molecule has 56 heavy (non-hydrogen) atoms. The molecule has 0 bridgehead atoms. The fourth-order valence-electron chi connectivity index (χ4n) is 15.0. The van der Waals surface area contributed by atoms with Gasteiger partial charge in [-0.2, -0.15) is 0 Å². The standard InChI is InChI=1S/C22H35BrO5.C22H33BrO5/c2*1-12(25)28-20-17(23)10-16-19-15(5-7-22(16,20)11-24)21(2)6-4-14(27-3)8-13(21)9-18(19)26/h13-20,24,26H,4-11H2,1-3H3;9,14-20,24,26H,4-8,10-11H2,1-3H3/t13?,14-,15?,16?,17+,18-,19?,20-,21-,22+;14-,15?,16?,17+,18-,19?,20-,21-,22+/m00/s1. The highest BCUT2D eigenvalue weighted by Gasteiger charge is 2.68. The predicted molar refractivity (Wildman–Crippen MR) is 218 cm³/mol. The quantitative estimate of drug-likeness (QED) is 0.132. The van der Waals surface area contributed by atoms with Crippen molar-refractivity contribution in [2.75, 3.05) is 27.4 Å². The number of ether oxygens (including phenoxy) is 4. The number of halogens is 2. The van der Waals surface area contributed by atoms with Crippen LogP contribution in [0.4, 0.5) is 0 Å². The third-order valence-electron chi connectivity index (χ3n) is 17.8. The van der Waals surface area contributed by atoms with E-state index < -0.39 is 16.9 Å². The van der Waals surface area contributed by atoms with Gasteiger partial charge in [0, 0.05) is 38.9 Å². The molecule has 0 aliphatic heterocycles. The molecule has 0 radical (unpaired) electrons. The van der Waals surface area contributed by atoms with Crippen molar-refractivity contribution in [3.8, 4) is 0 Å². The molecule has 8 aliphatic rings. The number of hydrogen-bond donors (Lipinski definition) is 4. The van der Waals surface area contributed by atoms with Crippen molar-refractivity contribution in [3.63, 3.8) is 0 Å². The normalized spacial score (nSPS) is 51.6. The van der Waals surface area contributed by atoms with Gasteiger partial charge in [-0.1, -0.05) is 57.4 Å². The molecule has 12 heteroatoms. The van der Waals surface area contributed by atoms with E-state index in [1.165, 1.54) is 19.4 Å². The summed E-state index contributed by atoms with van der Waals surface area (Å²) in [6, 6.07) is 0. The summed E-state index contributed by atoms with van der Waals surface area (Å²) in [5, 5.41) is 43.4. The van der Waals surface area contributed by atoms with Crippen molar-refractivity contribution in [2.24, 2.45) is 63.1 Å². The average Bonchev–Trinajstić information content (AvgIpc) is 3.61. The first-order chi connectivity index (χ1) is 26.5. The van der Waals surface area contributed by atoms with Gasteiger partial charge in [0.05, 0.1) is 47.3 Å². The number of hydrogen-bond acceptors (Lipinski definition) is 10. The Kier molecular flexibility index (Phi) is 12.7. The Morgan fingerprint density at radius 1 is 0.714 bits per heavy atom. The van der Waals surface area contributed by atoms with E-state index in [2.05, 4.69) is 51.8 Å². The first-order valence-corrected chi connectivity index (χ1v) is 23.3. The number of fused-ring (bicyclic) bond motifs is 10. The van der Waals surface area contributed by atoms with Crippen molar-refractivity contribution in [1.82, 2.24) is 0 Å². The van der Waals surface area contributed by atoms with Gasteiger partial charge >= 0.3 is 11.9 Å². The van der Waals surface area contributed by atoms with E-state index in [1.807, 2.05) is 0 Å². The van der Waals surface area contributed by atoms with E-state index in [0.29, 0.717) is 23.9 Å². The van der Waals surface area contributed by atoms with Gasteiger partial charge < -0.3 is 39.4 Å². The summed E-state index contributed by atoms with van der Waals surface area (Å²) >= 11 is 7.48. The number of aliphatic hydroxyl groups excluding tert-OH is 4. The van der Waals surface area contributed by atoms with Gasteiger partial charge in [0.1, 0.15) is 12.2 Å². The van der Waals surface area contributed by atoms with Crippen LogP contribution in [0.2, 0.25) is 0 Å². The summed E-state index contributed by atoms with van der Waals surface area (Å²) in [5.41, 5.74) is 0.757. The number of alkyl halides is 2. The Labute approximate surface area is 350 Å². The van der Waals surface area contributed by atoms with E-state index in [0.717, 1.165) is 83.5 Å². The second kappa shape index (κ2) is 16.4. The van der Waals surface area contributed by atoms with Crippen molar-refractivity contribution in [3.05, 3.63) is 11.6 Å². The van der Waals surface area contributed by atoms with E-state index in [4.69, 9.17) is 18.9 Å². The second-order valence-corrected chi connectivity index (χ2v) is 22.2. The number of carbonyl (C=O) groups excluding carboxylic acids is 2. The summed E-state index contributed by atoms with van der Waals surface area (Å²) in [6.07, 6.45) is 13.5. The van der Waals surface area contributed by atoms with Crippen molar-refractivity contribution >= 4 is 43.8 Å². The number of carbonyl (C=O) groups is 2. The minimum absolute atomic E-state index is 0.00725. The molecule has 0 spiro atoms. The molecule has 7 saturated carbocycles. The van der Waals surface area contributed by atoms with E-state index in [9.17, 15) is 30.0 Å². The predicted octanol–water partition coefficient (Wildman–Crippen LogP) is 6.50. The van der Waals surface area contributed by atoms with Gasteiger partial charge in [-0.3, -0.25) is 9.59 Å². The number of esters is 2. The lowest BCUT2D eigenvalue weighted by atomic mass is 9.44. The highest BCUT2D eigenvalue weighted by atomic mass is 79.9. The van der Waals surface area contributed by atoms with Gasteiger partial charge in [0.2, 0.25) is 0 Å². The van der Waals surface area contributed by atoms with Crippen LogP contribution in [-0.4, -0.2) is 106 Å². The van der Waals surface area contributed by atoms with Crippen LogP contribution in [-0.2, 0) is 28.5 Å². The lowest BCUT2D eigenvalue weighted by Crippen LogP contribution is -2.60. The Balaban J connectivity index is 0.000000172. The fraction of sp³-hybridized carbons (Fsp3) is 0.909. The summed E-state index contributed by atoms with van der Waals surface area (Å²) in [5.74, 6) is 1.32. The molecule has 8 aliphatic carbocycles. The summed E-state index contributed by atoms with van der Waals surface area (Å²) < 4.78 is 22.7. The molecule has 0 aromatic carbocycles. The molecule has 0 aromatic rings. The summed E-state index contributed by atoms with van der Waals surface area (Å²) in [6.45, 7) is 7.68. The van der Waals surface area contributed by atoms with Crippen LogP contribution >= 0.6 is 31.9 Å². The third-order valence-corrected chi connectivity index (χ3v) is 19.5. The third kappa shape index (κ3) is 6.94. The number of aliphatic hydroxyl groups is 4. The molecule has 7 fully saturated rings. The van der Waals surface area contributed by atoms with Gasteiger partial charge in [-0.25, -0.2) is 0 Å². The molecule has 8 rings (SSSR count). The maximum atomic E-state index is 11.7. The van der Waals surface area contributed by atoms with Crippen molar-refractivity contribution in [2.45, 2.75) is 157 Å². The molecule has 0 amide bonds. The Morgan fingerprint density at radius 3 is 1.79 bits per heavy atom. The van der Waals surface area contributed by atoms with Crippen LogP contribution in [0, 0.1) is 63.1 Å². The molecule has 0 saturated heterocycles. The van der Waals surface area contributed by atoms with E-state index in [1.54, 1.807) is 14.2 Å². The largest absolute Gasteiger partial charge is 0.461 e. The van der Waals surface area contributed by atoms with Crippen molar-refractivity contribution in [1.29, 1.82) is 0 Å². The molecule has 19 atom stereocenters. The highest BCUT2D eigenvalue weighted by molar-refractivity contribution is 9.09. The van der Waals surface area contributed by atoms with Crippen molar-refractivity contribution < 1.29 is 49.0 Å². The molecular formula is C44H68Br2O10. The zero-order valence-electron chi connectivity index (χ0n) is 34.3. The van der Waals surface area contributed by atoms with Gasteiger partial charge in [0.25, 0.3) is 0 Å². The van der Waals surface area contributed by atoms with Crippen LogP contribution in [0.15, 0.2) is 11.6 Å². The first kappa shape index (κ1) is 43.5. The molecule has 7 unspecified atom stereocenters. The zero-order valence-corrected chi connectivity index (χ0v) is 37.5. The minimum atomic E-state index is -0.518. The molecule has 0 heterocycles. The van der Waals surface area contributed by atoms with Crippen LogP contribution in [0.25, 0.3) is 0 Å². The SMILES string of the molecule is CO[C@H]1CC[C@@]2(C)C(=C[C@H](O)C3C4C[C@@H](Br)[C@H](OC(C)=O)[C@@]4(CO)CCC32)C1.CO[C@H]1CC[C@@]2(C)C(C1)C[C@H](O)C1C2CC[C@@]2(CO)C1C[C@@H](Br)[C@@H]2OC(C)=O. The smallest absolute Gasteiger partial charge is 0.302 e. The van der Waals surface area contributed by atoms with Crippen LogP contribution in [0.5, 0.6) is 0 Å². The van der Waals surface area contributed by atoms with Gasteiger partial charge in [-0.15, -0.1) is 0 Å². The summed E-state index contributed by atoms with van der Waals surface area (Å²) in [7, 11) is 3.57. The Bertz CT molecular complexity index is 1490. The van der Waals surface area contributed by atoms with Gasteiger partial charge in [-0.05, 0) is 136 Å². The Morgan fingerprint density at radius 2 is 1.25 bits per heavy atom. The number of rotatable bonds is 6. The van der Waals surface area contributed by atoms with E-state index >= 15 is 0 Å². The van der Waals surface area contributed by atoms with Crippen LogP contribution < -0.4 is 0 Å². The molecule has 10 nitrogen and oxygen atoms in total. The van der Waals surface area contributed by atoms with E-state index in [-0.39, 0.29) is 93.7 Å². The second-order valence-electron chi connectivity index (χ2n) is 19.8. The van der Waals surface area contributed by atoms with Crippen LogP contribution in [0.1, 0.15) is 111 Å². The zero-order chi connectivity index (χ0) is 40.5. The summed E-state index contributed by atoms with van der Waals surface area (Å²) in [4.78, 5) is 23.5. The maximum Gasteiger partial charge on any atom is 0.302 e. The molecule has 318 valence electrons. The van der Waals surface area contributed by atoms with Gasteiger partial charge in [0.15, 0.2) is 0 Å². The lowest BCUT2D eigenvalue weighted by molar-refractivity contribution is -0.195. The highest BCUT2D eigenvalue weighted by Crippen LogP contribution is 2.68. The van der Waals surface area contributed by atoms with Crippen LogP contribution in [0.3, 0.4) is 0 Å². The fourth-order valence-corrected chi connectivity index (χ4v) is 17.1. The molecule has 4 N–H and O–H groups in total. The molecule has 0 aromatic heterocycles. The minimum Gasteiger partial charge on any atom is -0.461 e.